The topological polar surface area (TPSA) is 12.5 Å². The highest BCUT2D eigenvalue weighted by Crippen LogP contribution is 2.41. The molecule has 0 N–H and O–H groups in total. The van der Waals surface area contributed by atoms with E-state index in [1.807, 2.05) is 43.3 Å². The first kappa shape index (κ1) is 12.3. The molecule has 0 fully saturated rings. The lowest BCUT2D eigenvalue weighted by Gasteiger charge is -2.10. The summed E-state index contributed by atoms with van der Waals surface area (Å²) in [5.74, 6) is 0.856. The van der Waals surface area contributed by atoms with Crippen LogP contribution >= 0.6 is 22.9 Å². The summed E-state index contributed by atoms with van der Waals surface area (Å²) in [7, 11) is 5.65. The zero-order chi connectivity index (χ0) is 12.4. The van der Waals surface area contributed by atoms with Crippen LogP contribution in [0.4, 0.5) is 5.69 Å². The van der Waals surface area contributed by atoms with Gasteiger partial charge in [-0.05, 0) is 29.8 Å². The highest BCUT2D eigenvalue weighted by atomic mass is 35.5. The maximum atomic E-state index is 6.37. The van der Waals surface area contributed by atoms with E-state index in [-0.39, 0.29) is 0 Å². The molecule has 1 heterocycles. The molecule has 0 bridgehead atoms. The third-order valence-electron chi connectivity index (χ3n) is 2.55. The first-order chi connectivity index (χ1) is 8.13. The number of anilines is 1. The minimum Gasteiger partial charge on any atom is -0.497 e. The van der Waals surface area contributed by atoms with Crippen LogP contribution < -0.4 is 9.64 Å². The van der Waals surface area contributed by atoms with Gasteiger partial charge in [0.25, 0.3) is 0 Å². The molecule has 90 valence electrons. The maximum Gasteiger partial charge on any atom is 0.118 e. The zero-order valence-electron chi connectivity index (χ0n) is 10.0. The molecule has 17 heavy (non-hydrogen) atoms. The van der Waals surface area contributed by atoms with E-state index in [0.29, 0.717) is 0 Å². The van der Waals surface area contributed by atoms with E-state index < -0.39 is 0 Å². The van der Waals surface area contributed by atoms with Gasteiger partial charge in [-0.3, -0.25) is 0 Å². The maximum absolute atomic E-state index is 6.37. The van der Waals surface area contributed by atoms with Crippen LogP contribution in [-0.4, -0.2) is 21.2 Å². The monoisotopic (exact) mass is 267 g/mol. The molecule has 1 aromatic carbocycles. The number of methoxy groups -OCH3 is 1. The van der Waals surface area contributed by atoms with E-state index in [0.717, 1.165) is 26.9 Å². The molecule has 0 unspecified atom stereocenters. The standard InChI is InChI=1S/C13H14ClNOS/c1-15(2)11-8-17-13(12(11)14)9-4-6-10(16-3)7-5-9/h4-8H,1-3H3. The molecule has 1 aromatic heterocycles. The molecule has 0 aliphatic rings. The van der Waals surface area contributed by atoms with Crippen LogP contribution in [0.5, 0.6) is 5.75 Å². The molecule has 2 rings (SSSR count). The van der Waals surface area contributed by atoms with Crippen LogP contribution in [-0.2, 0) is 0 Å². The summed E-state index contributed by atoms with van der Waals surface area (Å²) in [6, 6.07) is 7.94. The van der Waals surface area contributed by atoms with E-state index in [4.69, 9.17) is 16.3 Å². The van der Waals surface area contributed by atoms with Crippen LogP contribution in [0.3, 0.4) is 0 Å². The Morgan fingerprint density at radius 3 is 2.29 bits per heavy atom. The van der Waals surface area contributed by atoms with Crippen molar-refractivity contribution in [3.05, 3.63) is 34.7 Å². The van der Waals surface area contributed by atoms with Crippen LogP contribution in [0.2, 0.25) is 5.02 Å². The average molecular weight is 268 g/mol. The van der Waals surface area contributed by atoms with Gasteiger partial charge in [-0.15, -0.1) is 11.3 Å². The molecular formula is C13H14ClNOS. The Labute approximate surface area is 110 Å². The molecule has 4 heteroatoms. The highest BCUT2D eigenvalue weighted by molar-refractivity contribution is 7.15. The van der Waals surface area contributed by atoms with Gasteiger partial charge in [0.2, 0.25) is 0 Å². The summed E-state index contributed by atoms with van der Waals surface area (Å²) < 4.78 is 5.14. The number of nitrogens with zero attached hydrogens (tertiary/aromatic N) is 1. The van der Waals surface area contributed by atoms with Crippen molar-refractivity contribution in [3.63, 3.8) is 0 Å². The number of rotatable bonds is 3. The lowest BCUT2D eigenvalue weighted by atomic mass is 10.2. The Morgan fingerprint density at radius 2 is 1.82 bits per heavy atom. The summed E-state index contributed by atoms with van der Waals surface area (Å²) in [6.45, 7) is 0. The third kappa shape index (κ3) is 2.40. The van der Waals surface area contributed by atoms with Gasteiger partial charge in [0.15, 0.2) is 0 Å². The predicted molar refractivity (Wildman–Crippen MR) is 75.6 cm³/mol. The largest absolute Gasteiger partial charge is 0.497 e. The van der Waals surface area contributed by atoms with E-state index in [9.17, 15) is 0 Å². The Morgan fingerprint density at radius 1 is 1.18 bits per heavy atom. The van der Waals surface area contributed by atoms with Gasteiger partial charge in [-0.25, -0.2) is 0 Å². The van der Waals surface area contributed by atoms with Gasteiger partial charge in [0.1, 0.15) is 5.75 Å². The van der Waals surface area contributed by atoms with Crippen molar-refractivity contribution in [2.75, 3.05) is 26.1 Å². The lowest BCUT2D eigenvalue weighted by molar-refractivity contribution is 0.415. The quantitative estimate of drug-likeness (QED) is 0.829. The van der Waals surface area contributed by atoms with Gasteiger partial charge >= 0.3 is 0 Å². The smallest absolute Gasteiger partial charge is 0.118 e. The summed E-state index contributed by atoms with van der Waals surface area (Å²) in [4.78, 5) is 3.12. The van der Waals surface area contributed by atoms with Crippen LogP contribution in [0.25, 0.3) is 10.4 Å². The highest BCUT2D eigenvalue weighted by Gasteiger charge is 2.12. The molecule has 0 saturated heterocycles. The van der Waals surface area contributed by atoms with Crippen molar-refractivity contribution in [2.24, 2.45) is 0 Å². The Balaban J connectivity index is 2.39. The number of hydrogen-bond acceptors (Lipinski definition) is 3. The molecule has 0 aliphatic carbocycles. The van der Waals surface area contributed by atoms with Crippen molar-refractivity contribution < 1.29 is 4.74 Å². The summed E-state index contributed by atoms with van der Waals surface area (Å²) in [5, 5.41) is 2.88. The second-order valence-corrected chi connectivity index (χ2v) is 5.14. The normalized spacial score (nSPS) is 10.4. The Hall–Kier alpha value is -1.19. The molecule has 2 nitrogen and oxygen atoms in total. The average Bonchev–Trinajstić information content (AvgIpc) is 2.71. The van der Waals surface area contributed by atoms with Crippen LogP contribution in [0, 0.1) is 0 Å². The number of halogens is 1. The molecule has 0 radical (unpaired) electrons. The van der Waals surface area contributed by atoms with Gasteiger partial charge in [-0.1, -0.05) is 11.6 Å². The van der Waals surface area contributed by atoms with Crippen molar-refractivity contribution in [1.29, 1.82) is 0 Å². The third-order valence-corrected chi connectivity index (χ3v) is 4.06. The molecule has 2 aromatic rings. The molecule has 0 atom stereocenters. The second kappa shape index (κ2) is 4.98. The first-order valence-electron chi connectivity index (χ1n) is 5.22. The Bertz CT molecular complexity index is 505. The minimum absolute atomic E-state index is 0.810. The molecule has 0 aliphatic heterocycles. The zero-order valence-corrected chi connectivity index (χ0v) is 11.6. The summed E-state index contributed by atoms with van der Waals surface area (Å²) in [6.07, 6.45) is 0. The van der Waals surface area contributed by atoms with Gasteiger partial charge in [-0.2, -0.15) is 0 Å². The fourth-order valence-corrected chi connectivity index (χ4v) is 3.14. The molecule has 0 saturated carbocycles. The SMILES string of the molecule is COc1ccc(-c2scc(N(C)C)c2Cl)cc1. The molecule has 0 spiro atoms. The second-order valence-electron chi connectivity index (χ2n) is 3.89. The van der Waals surface area contributed by atoms with Crippen molar-refractivity contribution in [1.82, 2.24) is 0 Å². The van der Waals surface area contributed by atoms with E-state index >= 15 is 0 Å². The van der Waals surface area contributed by atoms with E-state index in [2.05, 4.69) is 5.38 Å². The summed E-state index contributed by atoms with van der Waals surface area (Å²) in [5.41, 5.74) is 2.18. The number of thiophene rings is 1. The molecular weight excluding hydrogens is 254 g/mol. The molecule has 0 amide bonds. The lowest BCUT2D eigenvalue weighted by Crippen LogP contribution is -2.07. The summed E-state index contributed by atoms with van der Waals surface area (Å²) >= 11 is 8.02. The van der Waals surface area contributed by atoms with Gasteiger partial charge in [0, 0.05) is 19.5 Å². The van der Waals surface area contributed by atoms with Crippen LogP contribution in [0.15, 0.2) is 29.6 Å². The van der Waals surface area contributed by atoms with Gasteiger partial charge < -0.3 is 9.64 Å². The fourth-order valence-electron chi connectivity index (χ4n) is 1.57. The number of hydrogen-bond donors (Lipinski definition) is 0. The van der Waals surface area contributed by atoms with Crippen LogP contribution in [0.1, 0.15) is 0 Å². The number of benzene rings is 1. The minimum atomic E-state index is 0.810. The number of ether oxygens (including phenoxy) is 1. The van der Waals surface area contributed by atoms with Gasteiger partial charge in [0.05, 0.1) is 22.7 Å². The van der Waals surface area contributed by atoms with Crippen molar-refractivity contribution in [2.45, 2.75) is 0 Å². The van der Waals surface area contributed by atoms with E-state index in [1.165, 1.54) is 0 Å². The van der Waals surface area contributed by atoms with E-state index in [1.54, 1.807) is 18.4 Å². The first-order valence-corrected chi connectivity index (χ1v) is 6.48. The fraction of sp³-hybridized carbons (Fsp3) is 0.231. The van der Waals surface area contributed by atoms with Crippen molar-refractivity contribution in [3.8, 4) is 16.2 Å². The van der Waals surface area contributed by atoms with Crippen molar-refractivity contribution >= 4 is 28.6 Å². The Kier molecular flexibility index (Phi) is 3.60. The predicted octanol–water partition coefficient (Wildman–Crippen LogP) is 4.14.